The van der Waals surface area contributed by atoms with Crippen LogP contribution in [0.1, 0.15) is 239 Å². The van der Waals surface area contributed by atoms with Crippen molar-refractivity contribution in [2.24, 2.45) is 0 Å². The van der Waals surface area contributed by atoms with Crippen molar-refractivity contribution >= 4 is 0 Å². The lowest BCUT2D eigenvalue weighted by molar-refractivity contribution is -0.405. The second kappa shape index (κ2) is 37.1. The molecule has 0 aliphatic heterocycles. The van der Waals surface area contributed by atoms with Crippen molar-refractivity contribution in [1.29, 1.82) is 0 Å². The van der Waals surface area contributed by atoms with Gasteiger partial charge >= 0.3 is 5.97 Å². The fourth-order valence-electron chi connectivity index (χ4n) is 6.65. The van der Waals surface area contributed by atoms with Crippen LogP contribution in [0, 0.1) is 0 Å². The van der Waals surface area contributed by atoms with Crippen LogP contribution in [0.25, 0.3) is 0 Å². The summed E-state index contributed by atoms with van der Waals surface area (Å²) in [6.07, 6.45) is 40.3. The number of unbranched alkanes of at least 4 members (excludes halogenated alkanes) is 30. The molecule has 0 spiro atoms. The van der Waals surface area contributed by atoms with Crippen LogP contribution in [0.3, 0.4) is 0 Å². The molecule has 0 aromatic carbocycles. The van der Waals surface area contributed by atoms with Crippen LogP contribution in [0.5, 0.6) is 0 Å². The molecule has 0 saturated carbocycles. The van der Waals surface area contributed by atoms with Gasteiger partial charge in [0.1, 0.15) is 0 Å². The summed E-state index contributed by atoms with van der Waals surface area (Å²) in [6.45, 7) is 7.15. The zero-order chi connectivity index (χ0) is 34.5. The minimum atomic E-state index is -2.14. The quantitative estimate of drug-likeness (QED) is 0.0446. The van der Waals surface area contributed by atoms with E-state index in [0.717, 1.165) is 25.7 Å². The molecule has 0 amide bonds. The van der Waals surface area contributed by atoms with Crippen LogP contribution in [-0.2, 0) is 9.47 Å². The van der Waals surface area contributed by atoms with Crippen LogP contribution in [0.15, 0.2) is 0 Å². The van der Waals surface area contributed by atoms with Gasteiger partial charge in [0, 0.05) is 0 Å². The normalized spacial score (nSPS) is 13.4. The minimum absolute atomic E-state index is 0.323. The van der Waals surface area contributed by atoms with E-state index in [0.29, 0.717) is 26.1 Å². The Bertz CT molecular complexity index is 547. The van der Waals surface area contributed by atoms with Crippen molar-refractivity contribution in [3.63, 3.8) is 0 Å². The van der Waals surface area contributed by atoms with Crippen molar-refractivity contribution in [3.8, 4) is 0 Å². The summed E-state index contributed by atoms with van der Waals surface area (Å²) >= 11 is 0. The molecular formula is C42H86O5. The lowest BCUT2D eigenvalue weighted by Gasteiger charge is -2.34. The average Bonchev–Trinajstić information content (AvgIpc) is 3.07. The smallest absolute Gasteiger partial charge is 0.310 e. The molecule has 0 saturated heterocycles. The van der Waals surface area contributed by atoms with Gasteiger partial charge in [0.2, 0.25) is 0 Å². The average molecular weight is 671 g/mol. The van der Waals surface area contributed by atoms with Gasteiger partial charge in [-0.1, -0.05) is 220 Å². The fraction of sp³-hybridized carbons (Fsp3) is 1.00. The number of aliphatic hydroxyl groups is 3. The van der Waals surface area contributed by atoms with Crippen LogP contribution in [0.2, 0.25) is 0 Å². The monoisotopic (exact) mass is 671 g/mol. The highest BCUT2D eigenvalue weighted by Crippen LogP contribution is 2.23. The zero-order valence-electron chi connectivity index (χ0n) is 32.3. The molecule has 0 bridgehead atoms. The van der Waals surface area contributed by atoms with Crippen LogP contribution >= 0.6 is 0 Å². The SMILES string of the molecule is CCCCCCCCCCCCCCCCCCOC(O)(OCCCCCCCCCCCCCCCCCC)C(O)C(O)CCC. The Morgan fingerprint density at radius 3 is 0.830 bits per heavy atom. The Hall–Kier alpha value is -0.200. The predicted octanol–water partition coefficient (Wildman–Crippen LogP) is 12.7. The molecule has 47 heavy (non-hydrogen) atoms. The maximum absolute atomic E-state index is 11.1. The molecule has 2 unspecified atom stereocenters. The van der Waals surface area contributed by atoms with E-state index in [4.69, 9.17) is 9.47 Å². The standard InChI is InChI=1S/C42H86O5/c1-4-7-9-11-13-15-17-19-21-23-25-27-29-31-33-35-38-46-42(45,41(44)40(43)37-6-3)47-39-36-34-32-30-28-26-24-22-20-18-16-14-12-10-8-5-2/h40-41,43-45H,4-39H2,1-3H3. The predicted molar refractivity (Wildman–Crippen MR) is 203 cm³/mol. The van der Waals surface area contributed by atoms with E-state index in [-0.39, 0.29) is 0 Å². The lowest BCUT2D eigenvalue weighted by Crippen LogP contribution is -2.53. The van der Waals surface area contributed by atoms with E-state index >= 15 is 0 Å². The second-order valence-corrected chi connectivity index (χ2v) is 14.7. The fourth-order valence-corrected chi connectivity index (χ4v) is 6.65. The highest BCUT2D eigenvalue weighted by atomic mass is 16.8. The van der Waals surface area contributed by atoms with Gasteiger partial charge in [0.05, 0.1) is 19.3 Å². The molecule has 2 atom stereocenters. The third-order valence-corrected chi connectivity index (χ3v) is 9.94. The molecule has 0 radical (unpaired) electrons. The van der Waals surface area contributed by atoms with Gasteiger partial charge in [-0.25, -0.2) is 0 Å². The Labute approximate surface area is 294 Å². The maximum atomic E-state index is 11.1. The zero-order valence-corrected chi connectivity index (χ0v) is 32.3. The van der Waals surface area contributed by atoms with Crippen molar-refractivity contribution < 1.29 is 24.8 Å². The highest BCUT2D eigenvalue weighted by Gasteiger charge is 2.42. The summed E-state index contributed by atoms with van der Waals surface area (Å²) < 4.78 is 11.5. The van der Waals surface area contributed by atoms with Crippen molar-refractivity contribution in [3.05, 3.63) is 0 Å². The summed E-state index contributed by atoms with van der Waals surface area (Å²) in [5, 5.41) is 32.1. The number of hydrogen-bond acceptors (Lipinski definition) is 5. The van der Waals surface area contributed by atoms with Crippen LogP contribution in [0.4, 0.5) is 0 Å². The summed E-state index contributed by atoms with van der Waals surface area (Å²) in [7, 11) is 0. The van der Waals surface area contributed by atoms with E-state index in [1.807, 2.05) is 6.92 Å². The Morgan fingerprint density at radius 2 is 0.596 bits per heavy atom. The summed E-state index contributed by atoms with van der Waals surface area (Å²) in [5.41, 5.74) is 0. The van der Waals surface area contributed by atoms with Gasteiger partial charge in [0.15, 0.2) is 6.10 Å². The summed E-state index contributed by atoms with van der Waals surface area (Å²) in [5.74, 6) is -2.14. The third-order valence-electron chi connectivity index (χ3n) is 9.94. The van der Waals surface area contributed by atoms with E-state index in [1.165, 1.54) is 180 Å². The maximum Gasteiger partial charge on any atom is 0.310 e. The van der Waals surface area contributed by atoms with E-state index < -0.39 is 18.2 Å². The topological polar surface area (TPSA) is 79.2 Å². The Morgan fingerprint density at radius 1 is 0.362 bits per heavy atom. The van der Waals surface area contributed by atoms with Gasteiger partial charge in [-0.05, 0) is 19.3 Å². The number of aliphatic hydroxyl groups excluding tert-OH is 2. The van der Waals surface area contributed by atoms with E-state index in [2.05, 4.69) is 13.8 Å². The summed E-state index contributed by atoms with van der Waals surface area (Å²) in [4.78, 5) is 0. The Balaban J connectivity index is 3.88. The van der Waals surface area contributed by atoms with Crippen molar-refractivity contribution in [2.45, 2.75) is 257 Å². The van der Waals surface area contributed by atoms with Crippen LogP contribution in [-0.4, -0.2) is 46.7 Å². The van der Waals surface area contributed by atoms with Gasteiger partial charge in [-0.15, -0.1) is 0 Å². The molecule has 0 aromatic heterocycles. The molecule has 0 aliphatic rings. The Kier molecular flexibility index (Phi) is 36.9. The van der Waals surface area contributed by atoms with E-state index in [1.54, 1.807) is 0 Å². The molecule has 5 heteroatoms. The molecule has 284 valence electrons. The molecule has 0 aromatic rings. The molecular weight excluding hydrogens is 584 g/mol. The first kappa shape index (κ1) is 46.8. The van der Waals surface area contributed by atoms with Gasteiger partial charge < -0.3 is 24.8 Å². The minimum Gasteiger partial charge on any atom is -0.390 e. The highest BCUT2D eigenvalue weighted by molar-refractivity contribution is 4.76. The lowest BCUT2D eigenvalue weighted by atomic mass is 10.0. The third kappa shape index (κ3) is 31.5. The van der Waals surface area contributed by atoms with Gasteiger partial charge in [-0.3, -0.25) is 0 Å². The first-order valence-corrected chi connectivity index (χ1v) is 21.4. The van der Waals surface area contributed by atoms with Crippen molar-refractivity contribution in [2.75, 3.05) is 13.2 Å². The number of hydrogen-bond donors (Lipinski definition) is 3. The van der Waals surface area contributed by atoms with Gasteiger partial charge in [0.25, 0.3) is 0 Å². The molecule has 0 rings (SSSR count). The van der Waals surface area contributed by atoms with E-state index in [9.17, 15) is 15.3 Å². The number of ether oxygens (including phenoxy) is 2. The largest absolute Gasteiger partial charge is 0.390 e. The van der Waals surface area contributed by atoms with Crippen LogP contribution < -0.4 is 0 Å². The summed E-state index contributed by atoms with van der Waals surface area (Å²) in [6, 6.07) is 0. The first-order valence-electron chi connectivity index (χ1n) is 21.4. The number of rotatable bonds is 40. The molecule has 0 fully saturated rings. The molecule has 3 N–H and O–H groups in total. The molecule has 5 nitrogen and oxygen atoms in total. The second-order valence-electron chi connectivity index (χ2n) is 14.7. The first-order chi connectivity index (χ1) is 23.0. The van der Waals surface area contributed by atoms with Gasteiger partial charge in [-0.2, -0.15) is 0 Å². The molecule has 0 heterocycles. The van der Waals surface area contributed by atoms with Crippen molar-refractivity contribution in [1.82, 2.24) is 0 Å². The molecule has 0 aliphatic carbocycles.